The van der Waals surface area contributed by atoms with Gasteiger partial charge >= 0.3 is 12.2 Å². The standard InChI is InChI=1S/C20H33N3O6/c1-19(2,3)28-17(24)23(18(25)29-20(4,5)6)15-13-21-22(14-15)10-12-27-16-9-7-8-11-26-16/h13-14,16H,7-12H2,1-6H3. The zero-order valence-corrected chi connectivity index (χ0v) is 18.3. The first-order valence-electron chi connectivity index (χ1n) is 9.96. The molecule has 0 aromatic carbocycles. The Labute approximate surface area is 172 Å². The Kier molecular flexibility index (Phi) is 7.65. The molecule has 2 heterocycles. The highest BCUT2D eigenvalue weighted by Crippen LogP contribution is 2.21. The third-order valence-electron chi connectivity index (χ3n) is 3.79. The summed E-state index contributed by atoms with van der Waals surface area (Å²) in [5, 5.41) is 4.22. The number of amides is 2. The summed E-state index contributed by atoms with van der Waals surface area (Å²) in [5.41, 5.74) is -1.26. The molecule has 1 aromatic heterocycles. The number of carbonyl (C=O) groups is 2. The first-order valence-corrected chi connectivity index (χ1v) is 9.96. The van der Waals surface area contributed by atoms with E-state index in [9.17, 15) is 9.59 Å². The number of aromatic nitrogens is 2. The monoisotopic (exact) mass is 411 g/mol. The van der Waals surface area contributed by atoms with Gasteiger partial charge in [-0.1, -0.05) is 0 Å². The van der Waals surface area contributed by atoms with Crippen LogP contribution in [0.25, 0.3) is 0 Å². The molecule has 1 aliphatic rings. The minimum absolute atomic E-state index is 0.182. The fourth-order valence-electron chi connectivity index (χ4n) is 2.61. The second-order valence-corrected chi connectivity index (χ2v) is 8.92. The summed E-state index contributed by atoms with van der Waals surface area (Å²) in [5.74, 6) is 0. The Morgan fingerprint density at radius 2 is 1.76 bits per heavy atom. The summed E-state index contributed by atoms with van der Waals surface area (Å²) < 4.78 is 23.6. The van der Waals surface area contributed by atoms with Crippen molar-refractivity contribution in [1.29, 1.82) is 0 Å². The molecule has 1 atom stereocenters. The van der Waals surface area contributed by atoms with Gasteiger partial charge in [0.05, 0.1) is 25.0 Å². The first kappa shape index (κ1) is 23.2. The van der Waals surface area contributed by atoms with Crippen LogP contribution in [0.4, 0.5) is 15.3 Å². The lowest BCUT2D eigenvalue weighted by Crippen LogP contribution is -2.43. The summed E-state index contributed by atoms with van der Waals surface area (Å²) in [6.07, 6.45) is 4.22. The van der Waals surface area contributed by atoms with Crippen LogP contribution in [-0.4, -0.2) is 52.7 Å². The fraction of sp³-hybridized carbons (Fsp3) is 0.750. The van der Waals surface area contributed by atoms with Crippen LogP contribution in [-0.2, 0) is 25.5 Å². The van der Waals surface area contributed by atoms with Crippen LogP contribution in [0.5, 0.6) is 0 Å². The van der Waals surface area contributed by atoms with Gasteiger partial charge in [0.2, 0.25) is 0 Å². The van der Waals surface area contributed by atoms with Crippen molar-refractivity contribution in [3.8, 4) is 0 Å². The maximum atomic E-state index is 12.6. The van der Waals surface area contributed by atoms with Crippen LogP contribution in [0.1, 0.15) is 60.8 Å². The van der Waals surface area contributed by atoms with E-state index in [1.54, 1.807) is 52.4 Å². The van der Waals surface area contributed by atoms with Crippen LogP contribution < -0.4 is 4.90 Å². The van der Waals surface area contributed by atoms with Gasteiger partial charge in [0, 0.05) is 12.8 Å². The van der Waals surface area contributed by atoms with Crippen LogP contribution in [0.2, 0.25) is 0 Å². The minimum atomic E-state index is -0.821. The summed E-state index contributed by atoms with van der Waals surface area (Å²) in [6.45, 7) is 12.0. The van der Waals surface area contributed by atoms with Gasteiger partial charge in [0.25, 0.3) is 0 Å². The van der Waals surface area contributed by atoms with E-state index in [1.165, 1.54) is 6.20 Å². The van der Waals surface area contributed by atoms with Crippen LogP contribution in [0.3, 0.4) is 0 Å². The van der Waals surface area contributed by atoms with E-state index in [2.05, 4.69) is 5.10 Å². The van der Waals surface area contributed by atoms with E-state index in [4.69, 9.17) is 18.9 Å². The molecule has 9 nitrogen and oxygen atoms in total. The van der Waals surface area contributed by atoms with Crippen molar-refractivity contribution in [3.05, 3.63) is 12.4 Å². The summed E-state index contributed by atoms with van der Waals surface area (Å²) in [7, 11) is 0. The van der Waals surface area contributed by atoms with E-state index < -0.39 is 23.4 Å². The van der Waals surface area contributed by atoms with Gasteiger partial charge in [-0.15, -0.1) is 0 Å². The zero-order chi connectivity index (χ0) is 21.7. The van der Waals surface area contributed by atoms with Crippen LogP contribution in [0.15, 0.2) is 12.4 Å². The van der Waals surface area contributed by atoms with Crippen molar-refractivity contribution in [2.24, 2.45) is 0 Å². The number of carbonyl (C=O) groups excluding carboxylic acids is 2. The molecular formula is C20H33N3O6. The molecule has 1 saturated heterocycles. The van der Waals surface area contributed by atoms with Crippen LogP contribution >= 0.6 is 0 Å². The van der Waals surface area contributed by atoms with Crippen molar-refractivity contribution in [2.75, 3.05) is 18.1 Å². The number of anilines is 1. The third-order valence-corrected chi connectivity index (χ3v) is 3.79. The molecule has 1 aromatic rings. The van der Waals surface area contributed by atoms with Gasteiger partial charge in [0.15, 0.2) is 6.29 Å². The maximum Gasteiger partial charge on any atom is 0.424 e. The van der Waals surface area contributed by atoms with Gasteiger partial charge in [-0.3, -0.25) is 4.68 Å². The van der Waals surface area contributed by atoms with Gasteiger partial charge < -0.3 is 18.9 Å². The highest BCUT2D eigenvalue weighted by molar-refractivity contribution is 6.09. The molecule has 0 radical (unpaired) electrons. The second kappa shape index (κ2) is 9.58. The number of hydrogen-bond acceptors (Lipinski definition) is 7. The summed E-state index contributed by atoms with van der Waals surface area (Å²) in [4.78, 5) is 26.1. The highest BCUT2D eigenvalue weighted by Gasteiger charge is 2.33. The molecule has 9 heteroatoms. The highest BCUT2D eigenvalue weighted by atomic mass is 16.7. The van der Waals surface area contributed by atoms with E-state index in [1.807, 2.05) is 0 Å². The molecule has 1 unspecified atom stereocenters. The predicted molar refractivity (Wildman–Crippen MR) is 107 cm³/mol. The zero-order valence-electron chi connectivity index (χ0n) is 18.3. The number of ether oxygens (including phenoxy) is 4. The Morgan fingerprint density at radius 1 is 1.14 bits per heavy atom. The largest absolute Gasteiger partial charge is 0.443 e. The van der Waals surface area contributed by atoms with E-state index >= 15 is 0 Å². The van der Waals surface area contributed by atoms with Crippen molar-refractivity contribution in [2.45, 2.75) is 84.8 Å². The third kappa shape index (κ3) is 8.02. The van der Waals surface area contributed by atoms with Gasteiger partial charge in [-0.2, -0.15) is 10.00 Å². The molecule has 2 amide bonds. The Balaban J connectivity index is 2.05. The molecule has 164 valence electrons. The Hall–Kier alpha value is -2.13. The molecule has 0 spiro atoms. The molecule has 1 fully saturated rings. The predicted octanol–water partition coefficient (Wildman–Crippen LogP) is 4.10. The van der Waals surface area contributed by atoms with Crippen LogP contribution in [0, 0.1) is 0 Å². The molecular weight excluding hydrogens is 378 g/mol. The smallest absolute Gasteiger partial charge is 0.424 e. The van der Waals surface area contributed by atoms with Crippen molar-refractivity contribution >= 4 is 17.9 Å². The lowest BCUT2D eigenvalue weighted by Gasteiger charge is -2.27. The van der Waals surface area contributed by atoms with Gasteiger partial charge in [-0.25, -0.2) is 9.59 Å². The van der Waals surface area contributed by atoms with E-state index in [0.717, 1.165) is 30.8 Å². The molecule has 29 heavy (non-hydrogen) atoms. The lowest BCUT2D eigenvalue weighted by atomic mass is 10.2. The van der Waals surface area contributed by atoms with Crippen molar-refractivity contribution in [3.63, 3.8) is 0 Å². The average molecular weight is 411 g/mol. The topological polar surface area (TPSA) is 92.1 Å². The van der Waals surface area contributed by atoms with Crippen molar-refractivity contribution in [1.82, 2.24) is 9.78 Å². The first-order chi connectivity index (χ1) is 13.4. The van der Waals surface area contributed by atoms with E-state index in [-0.39, 0.29) is 12.0 Å². The summed E-state index contributed by atoms with van der Waals surface area (Å²) in [6, 6.07) is 0. The minimum Gasteiger partial charge on any atom is -0.443 e. The lowest BCUT2D eigenvalue weighted by molar-refractivity contribution is -0.163. The SMILES string of the molecule is CC(C)(C)OC(=O)N(C(=O)OC(C)(C)C)c1cnn(CCOC2CCCCO2)c1. The number of hydrogen-bond donors (Lipinski definition) is 0. The number of imide groups is 1. The molecule has 1 aliphatic heterocycles. The fourth-order valence-corrected chi connectivity index (χ4v) is 2.61. The maximum absolute atomic E-state index is 12.6. The normalized spacial score (nSPS) is 17.7. The quantitative estimate of drug-likeness (QED) is 0.720. The molecule has 0 aliphatic carbocycles. The number of nitrogens with zero attached hydrogens (tertiary/aromatic N) is 3. The Morgan fingerprint density at radius 3 is 2.28 bits per heavy atom. The summed E-state index contributed by atoms with van der Waals surface area (Å²) >= 11 is 0. The van der Waals surface area contributed by atoms with Gasteiger partial charge in [-0.05, 0) is 60.8 Å². The van der Waals surface area contributed by atoms with Crippen molar-refractivity contribution < 1.29 is 28.5 Å². The molecule has 2 rings (SSSR count). The second-order valence-electron chi connectivity index (χ2n) is 8.92. The Bertz CT molecular complexity index is 655. The molecule has 0 saturated carbocycles. The average Bonchev–Trinajstić information content (AvgIpc) is 3.01. The molecule has 0 bridgehead atoms. The van der Waals surface area contributed by atoms with Gasteiger partial charge in [0.1, 0.15) is 11.2 Å². The number of rotatable bonds is 5. The molecule has 0 N–H and O–H groups in total. The van der Waals surface area contributed by atoms with E-state index in [0.29, 0.717) is 13.2 Å².